The average molecular weight is 531 g/mol. The van der Waals surface area contributed by atoms with Crippen LogP contribution in [0.4, 0.5) is 13.2 Å². The molecule has 0 aliphatic carbocycles. The van der Waals surface area contributed by atoms with Gasteiger partial charge in [0.1, 0.15) is 5.58 Å². The van der Waals surface area contributed by atoms with E-state index >= 15 is 0 Å². The molecule has 0 bridgehead atoms. The fraction of sp³-hybridized carbons (Fsp3) is 0.280. The number of hydrogen-bond acceptors (Lipinski definition) is 7. The number of para-hydroxylation sites is 1. The Morgan fingerprint density at radius 2 is 1.81 bits per heavy atom. The van der Waals surface area contributed by atoms with E-state index < -0.39 is 28.1 Å². The number of nitrogens with zero attached hydrogens (tertiary/aromatic N) is 4. The first-order valence-electron chi connectivity index (χ1n) is 11.5. The van der Waals surface area contributed by atoms with Gasteiger partial charge in [0, 0.05) is 54.3 Å². The molecule has 1 saturated heterocycles. The lowest BCUT2D eigenvalue weighted by molar-refractivity contribution is -0.145. The summed E-state index contributed by atoms with van der Waals surface area (Å²) < 4.78 is 71.5. The Morgan fingerprint density at radius 3 is 2.54 bits per heavy atom. The van der Waals surface area contributed by atoms with Crippen LogP contribution in [-0.2, 0) is 27.4 Å². The summed E-state index contributed by atoms with van der Waals surface area (Å²) in [5.74, 6) is -1.46. The van der Waals surface area contributed by atoms with Gasteiger partial charge in [0.05, 0.1) is 6.04 Å². The van der Waals surface area contributed by atoms with E-state index in [1.165, 1.54) is 16.6 Å². The predicted molar refractivity (Wildman–Crippen MR) is 127 cm³/mol. The van der Waals surface area contributed by atoms with E-state index in [1.54, 1.807) is 36.4 Å². The molecule has 5 rings (SSSR count). The zero-order valence-electron chi connectivity index (χ0n) is 19.4. The van der Waals surface area contributed by atoms with E-state index in [1.807, 2.05) is 0 Å². The molecule has 1 aliphatic heterocycles. The van der Waals surface area contributed by atoms with Crippen molar-refractivity contribution in [2.24, 2.45) is 0 Å². The molecule has 192 valence electrons. The summed E-state index contributed by atoms with van der Waals surface area (Å²) in [6, 6.07) is 10.9. The smallest absolute Gasteiger partial charge is 0.443 e. The molecule has 37 heavy (non-hydrogen) atoms. The minimum Gasteiger partial charge on any atom is -0.443 e. The Hall–Kier alpha value is -3.64. The second kappa shape index (κ2) is 9.67. The fourth-order valence-electron chi connectivity index (χ4n) is 4.39. The average Bonchev–Trinajstić information content (AvgIpc) is 3.55. The van der Waals surface area contributed by atoms with Crippen LogP contribution in [0.5, 0.6) is 0 Å². The number of aryl methyl sites for hydroxylation is 1. The quantitative estimate of drug-likeness (QED) is 0.342. The van der Waals surface area contributed by atoms with Crippen LogP contribution in [0.2, 0.25) is 0 Å². The Morgan fingerprint density at radius 1 is 1.05 bits per heavy atom. The molecule has 0 N–H and O–H groups in total. The van der Waals surface area contributed by atoms with Gasteiger partial charge in [0.15, 0.2) is 5.78 Å². The van der Waals surface area contributed by atoms with Crippen LogP contribution in [0.25, 0.3) is 22.1 Å². The molecule has 8 nitrogen and oxygen atoms in total. The van der Waals surface area contributed by atoms with Gasteiger partial charge in [-0.05, 0) is 43.0 Å². The van der Waals surface area contributed by atoms with Crippen molar-refractivity contribution in [1.82, 2.24) is 19.3 Å². The molecule has 12 heteroatoms. The second-order valence-corrected chi connectivity index (χ2v) is 10.5. The van der Waals surface area contributed by atoms with Crippen molar-refractivity contribution in [3.05, 3.63) is 72.6 Å². The van der Waals surface area contributed by atoms with Crippen molar-refractivity contribution in [3.63, 3.8) is 0 Å². The van der Waals surface area contributed by atoms with E-state index in [-0.39, 0.29) is 30.3 Å². The molecule has 0 amide bonds. The lowest BCUT2D eigenvalue weighted by Gasteiger charge is -2.21. The van der Waals surface area contributed by atoms with Crippen LogP contribution >= 0.6 is 0 Å². The second-order valence-electron chi connectivity index (χ2n) is 8.67. The summed E-state index contributed by atoms with van der Waals surface area (Å²) in [5.41, 5.74) is 1.92. The molecule has 0 radical (unpaired) electrons. The van der Waals surface area contributed by atoms with Crippen LogP contribution < -0.4 is 0 Å². The summed E-state index contributed by atoms with van der Waals surface area (Å²) in [7, 11) is -4.00. The highest BCUT2D eigenvalue weighted by molar-refractivity contribution is 7.89. The van der Waals surface area contributed by atoms with E-state index in [9.17, 15) is 26.4 Å². The number of sulfonamides is 1. The zero-order chi connectivity index (χ0) is 26.2. The number of benzene rings is 1. The van der Waals surface area contributed by atoms with Gasteiger partial charge < -0.3 is 4.42 Å². The highest BCUT2D eigenvalue weighted by atomic mass is 32.2. The van der Waals surface area contributed by atoms with E-state index in [4.69, 9.17) is 4.42 Å². The van der Waals surface area contributed by atoms with Gasteiger partial charge in [0.25, 0.3) is 10.0 Å². The summed E-state index contributed by atoms with van der Waals surface area (Å²) >= 11 is 0. The van der Waals surface area contributed by atoms with Crippen molar-refractivity contribution in [3.8, 4) is 11.1 Å². The van der Waals surface area contributed by atoms with Gasteiger partial charge in [-0.25, -0.2) is 18.4 Å². The van der Waals surface area contributed by atoms with E-state index in [0.29, 0.717) is 40.6 Å². The van der Waals surface area contributed by atoms with Gasteiger partial charge in [0.2, 0.25) is 10.9 Å². The number of aromatic nitrogens is 3. The summed E-state index contributed by atoms with van der Waals surface area (Å²) in [5, 5.41) is 0.467. The molecule has 1 aromatic carbocycles. The molecular weight excluding hydrogens is 509 g/mol. The minimum absolute atomic E-state index is 0.0524. The lowest BCUT2D eigenvalue weighted by atomic mass is 10.0. The maximum absolute atomic E-state index is 13.3. The fourth-order valence-corrected chi connectivity index (χ4v) is 6.02. The van der Waals surface area contributed by atoms with E-state index in [2.05, 4.69) is 15.0 Å². The third-order valence-corrected chi connectivity index (χ3v) is 7.99. The number of furan rings is 1. The van der Waals surface area contributed by atoms with Crippen molar-refractivity contribution < 1.29 is 30.8 Å². The molecule has 1 fully saturated rings. The third kappa shape index (κ3) is 5.12. The zero-order valence-corrected chi connectivity index (χ0v) is 20.2. The van der Waals surface area contributed by atoms with Crippen LogP contribution in [-0.4, -0.2) is 46.0 Å². The standard InChI is InChI=1S/C25H21F3N4O4S/c26-25(27,28)24-30-14-18(15-31-24)16-9-10-29-19(12-16)7-8-21(33)20-5-3-11-32(20)37(34,35)23-13-17-4-1-2-6-22(17)36-23/h1-2,4,6,9-10,12-15,20H,3,5,7-8,11H2/t20-/m0/s1. The third-order valence-electron chi connectivity index (χ3n) is 6.22. The maximum Gasteiger partial charge on any atom is 0.451 e. The number of ketones is 1. The highest BCUT2D eigenvalue weighted by Gasteiger charge is 2.40. The summed E-state index contributed by atoms with van der Waals surface area (Å²) in [6.45, 7) is 0.220. The van der Waals surface area contributed by atoms with Gasteiger partial charge >= 0.3 is 6.18 Å². The molecule has 0 spiro atoms. The van der Waals surface area contributed by atoms with Crippen LogP contribution in [0, 0.1) is 0 Å². The molecule has 4 aromatic rings. The Kier molecular flexibility index (Phi) is 6.54. The molecular formula is C25H21F3N4O4S. The Labute approximate surface area is 210 Å². The Bertz CT molecular complexity index is 1520. The number of fused-ring (bicyclic) bond motifs is 1. The normalized spacial score (nSPS) is 16.9. The number of hydrogen-bond donors (Lipinski definition) is 0. The van der Waals surface area contributed by atoms with Crippen LogP contribution in [0.15, 0.2) is 70.6 Å². The number of alkyl halides is 3. The molecule has 0 saturated carbocycles. The largest absolute Gasteiger partial charge is 0.451 e. The molecule has 4 heterocycles. The lowest BCUT2D eigenvalue weighted by Crippen LogP contribution is -2.40. The topological polar surface area (TPSA) is 106 Å². The number of carbonyl (C=O) groups is 1. The van der Waals surface area contributed by atoms with Gasteiger partial charge in [-0.1, -0.05) is 18.2 Å². The van der Waals surface area contributed by atoms with Crippen LogP contribution in [0.3, 0.4) is 0 Å². The molecule has 1 aliphatic rings. The number of Topliss-reactive ketones (excluding diaryl/α,β-unsaturated/α-hetero) is 1. The SMILES string of the molecule is O=C(CCc1cc(-c2cnc(C(F)(F)F)nc2)ccn1)[C@@H]1CCCN1S(=O)(=O)c1cc2ccccc2o1. The Balaban J connectivity index is 1.28. The van der Waals surface area contributed by atoms with Crippen molar-refractivity contribution >= 4 is 26.8 Å². The molecule has 1 atom stereocenters. The monoisotopic (exact) mass is 530 g/mol. The first-order valence-corrected chi connectivity index (χ1v) is 12.9. The number of rotatable bonds is 7. The minimum atomic E-state index is -4.63. The first-order chi connectivity index (χ1) is 17.6. The van der Waals surface area contributed by atoms with Gasteiger partial charge in [-0.2, -0.15) is 17.5 Å². The highest BCUT2D eigenvalue weighted by Crippen LogP contribution is 2.31. The number of carbonyl (C=O) groups excluding carboxylic acids is 1. The van der Waals surface area contributed by atoms with Crippen molar-refractivity contribution in [2.45, 2.75) is 43.0 Å². The van der Waals surface area contributed by atoms with Gasteiger partial charge in [-0.3, -0.25) is 9.78 Å². The molecule has 0 unspecified atom stereocenters. The summed E-state index contributed by atoms with van der Waals surface area (Å²) in [4.78, 5) is 24.1. The first kappa shape index (κ1) is 25.0. The number of halogens is 3. The van der Waals surface area contributed by atoms with Crippen molar-refractivity contribution in [2.75, 3.05) is 6.54 Å². The molecule has 3 aromatic heterocycles. The summed E-state index contributed by atoms with van der Waals surface area (Å²) in [6.07, 6.45) is 0.278. The van der Waals surface area contributed by atoms with Gasteiger partial charge in [-0.15, -0.1) is 0 Å². The van der Waals surface area contributed by atoms with E-state index in [0.717, 1.165) is 12.4 Å². The van der Waals surface area contributed by atoms with Crippen LogP contribution in [0.1, 0.15) is 30.8 Å². The number of pyridine rings is 1. The van der Waals surface area contributed by atoms with Crippen molar-refractivity contribution in [1.29, 1.82) is 0 Å². The maximum atomic E-state index is 13.3. The predicted octanol–water partition coefficient (Wildman–Crippen LogP) is 4.66.